The zero-order valence-corrected chi connectivity index (χ0v) is 13.0. The van der Waals surface area contributed by atoms with Crippen LogP contribution in [-0.4, -0.2) is 14.7 Å². The van der Waals surface area contributed by atoms with Crippen LogP contribution in [0.3, 0.4) is 0 Å². The summed E-state index contributed by atoms with van der Waals surface area (Å²) in [6, 6.07) is 8.96. The van der Waals surface area contributed by atoms with Crippen molar-refractivity contribution in [2.24, 2.45) is 5.73 Å². The van der Waals surface area contributed by atoms with Crippen molar-refractivity contribution in [3.05, 3.63) is 64.5 Å². The van der Waals surface area contributed by atoms with E-state index < -0.39 is 15.9 Å². The van der Waals surface area contributed by atoms with Gasteiger partial charge in [-0.05, 0) is 60.4 Å². The fraction of sp³-hybridized carbons (Fsp3) is 0.250. The summed E-state index contributed by atoms with van der Waals surface area (Å²) in [6.07, 6.45) is 1.16. The van der Waals surface area contributed by atoms with Crippen molar-refractivity contribution in [2.45, 2.75) is 24.8 Å². The standard InChI is InChI=1S/C16H18FNO2S/c1-10-8-13(17)9-11(2)15(10)16(18)12-4-6-14(7-5-12)21(3,19)20/h4-9,16H,18H2,1-3H3. The summed E-state index contributed by atoms with van der Waals surface area (Å²) in [5.74, 6) is -0.284. The van der Waals surface area contributed by atoms with Crippen molar-refractivity contribution in [3.63, 3.8) is 0 Å². The van der Waals surface area contributed by atoms with E-state index in [0.29, 0.717) is 0 Å². The van der Waals surface area contributed by atoms with Gasteiger partial charge in [-0.25, -0.2) is 12.8 Å². The molecule has 0 radical (unpaired) electrons. The summed E-state index contributed by atoms with van der Waals surface area (Å²) in [7, 11) is -3.22. The molecule has 2 aromatic rings. The summed E-state index contributed by atoms with van der Waals surface area (Å²) in [5.41, 5.74) is 9.48. The predicted molar refractivity (Wildman–Crippen MR) is 81.5 cm³/mol. The Kier molecular flexibility index (Phi) is 4.16. The number of aryl methyl sites for hydroxylation is 2. The molecular formula is C16H18FNO2S. The zero-order chi connectivity index (χ0) is 15.8. The molecule has 2 N–H and O–H groups in total. The molecule has 1 atom stereocenters. The van der Waals surface area contributed by atoms with Crippen molar-refractivity contribution in [3.8, 4) is 0 Å². The lowest BCUT2D eigenvalue weighted by Crippen LogP contribution is -2.15. The van der Waals surface area contributed by atoms with Crippen LogP contribution in [0.25, 0.3) is 0 Å². The first-order chi connectivity index (χ1) is 9.70. The Morgan fingerprint density at radius 1 is 1.05 bits per heavy atom. The molecule has 0 heterocycles. The number of sulfone groups is 1. The number of hydrogen-bond acceptors (Lipinski definition) is 3. The van der Waals surface area contributed by atoms with Gasteiger partial charge in [-0.1, -0.05) is 12.1 Å². The Morgan fingerprint density at radius 2 is 1.52 bits per heavy atom. The third kappa shape index (κ3) is 3.31. The van der Waals surface area contributed by atoms with Crippen molar-refractivity contribution in [2.75, 3.05) is 6.26 Å². The number of rotatable bonds is 3. The van der Waals surface area contributed by atoms with Crippen molar-refractivity contribution in [1.29, 1.82) is 0 Å². The maximum atomic E-state index is 13.4. The highest BCUT2D eigenvalue weighted by atomic mass is 32.2. The predicted octanol–water partition coefficient (Wildman–Crippen LogP) is 2.89. The average molecular weight is 307 g/mol. The molecule has 1 unspecified atom stereocenters. The molecule has 3 nitrogen and oxygen atoms in total. The molecule has 0 spiro atoms. The van der Waals surface area contributed by atoms with E-state index in [-0.39, 0.29) is 10.7 Å². The van der Waals surface area contributed by atoms with Gasteiger partial charge in [0, 0.05) is 6.26 Å². The molecule has 0 fully saturated rings. The third-order valence-corrected chi connectivity index (χ3v) is 4.67. The number of benzene rings is 2. The highest BCUT2D eigenvalue weighted by Crippen LogP contribution is 2.27. The van der Waals surface area contributed by atoms with E-state index in [0.717, 1.165) is 28.5 Å². The van der Waals surface area contributed by atoms with Crippen LogP contribution < -0.4 is 5.73 Å². The molecule has 0 aliphatic heterocycles. The van der Waals surface area contributed by atoms with E-state index in [9.17, 15) is 12.8 Å². The van der Waals surface area contributed by atoms with Crippen LogP contribution in [-0.2, 0) is 9.84 Å². The Morgan fingerprint density at radius 3 is 1.95 bits per heavy atom. The topological polar surface area (TPSA) is 60.2 Å². The fourth-order valence-corrected chi connectivity index (χ4v) is 3.13. The summed E-state index contributed by atoms with van der Waals surface area (Å²) < 4.78 is 36.3. The molecule has 2 aromatic carbocycles. The van der Waals surface area contributed by atoms with Crippen molar-refractivity contribution >= 4 is 9.84 Å². The van der Waals surface area contributed by atoms with E-state index in [1.807, 2.05) is 13.8 Å². The monoisotopic (exact) mass is 307 g/mol. The average Bonchev–Trinajstić information content (AvgIpc) is 2.36. The molecule has 112 valence electrons. The lowest BCUT2D eigenvalue weighted by Gasteiger charge is -2.18. The highest BCUT2D eigenvalue weighted by molar-refractivity contribution is 7.90. The second kappa shape index (κ2) is 5.58. The van der Waals surface area contributed by atoms with Crippen LogP contribution in [0.5, 0.6) is 0 Å². The molecule has 0 saturated heterocycles. The van der Waals surface area contributed by atoms with Crippen molar-refractivity contribution < 1.29 is 12.8 Å². The van der Waals surface area contributed by atoms with Crippen LogP contribution >= 0.6 is 0 Å². The molecule has 21 heavy (non-hydrogen) atoms. The van der Waals surface area contributed by atoms with Gasteiger partial charge in [-0.3, -0.25) is 0 Å². The lowest BCUT2D eigenvalue weighted by atomic mass is 9.92. The van der Waals surface area contributed by atoms with Gasteiger partial charge in [0.15, 0.2) is 9.84 Å². The van der Waals surface area contributed by atoms with Gasteiger partial charge in [0.1, 0.15) is 5.82 Å². The molecule has 0 bridgehead atoms. The molecule has 2 rings (SSSR count). The summed E-state index contributed by atoms with van der Waals surface area (Å²) in [4.78, 5) is 0.256. The minimum absolute atomic E-state index is 0.256. The molecule has 0 aromatic heterocycles. The number of hydrogen-bond donors (Lipinski definition) is 1. The van der Waals surface area contributed by atoms with Crippen LogP contribution in [0.2, 0.25) is 0 Å². The first-order valence-electron chi connectivity index (χ1n) is 6.52. The van der Waals surface area contributed by atoms with E-state index >= 15 is 0 Å². The van der Waals surface area contributed by atoms with E-state index in [2.05, 4.69) is 0 Å². The van der Waals surface area contributed by atoms with Gasteiger partial charge in [-0.2, -0.15) is 0 Å². The summed E-state index contributed by atoms with van der Waals surface area (Å²) in [6.45, 7) is 3.63. The van der Waals surface area contributed by atoms with Gasteiger partial charge >= 0.3 is 0 Å². The smallest absolute Gasteiger partial charge is 0.175 e. The maximum absolute atomic E-state index is 13.4. The molecule has 0 amide bonds. The molecule has 0 aliphatic carbocycles. The van der Waals surface area contributed by atoms with Gasteiger partial charge < -0.3 is 5.73 Å². The Bertz CT molecular complexity index is 744. The quantitative estimate of drug-likeness (QED) is 0.948. The second-order valence-electron chi connectivity index (χ2n) is 5.27. The molecular weight excluding hydrogens is 289 g/mol. The van der Waals surface area contributed by atoms with Crippen molar-refractivity contribution in [1.82, 2.24) is 0 Å². The Labute approximate surface area is 124 Å². The highest BCUT2D eigenvalue weighted by Gasteiger charge is 2.16. The number of halogens is 1. The second-order valence-corrected chi connectivity index (χ2v) is 7.29. The van der Waals surface area contributed by atoms with Gasteiger partial charge in [0.25, 0.3) is 0 Å². The maximum Gasteiger partial charge on any atom is 0.175 e. The van der Waals surface area contributed by atoms with Crippen LogP contribution in [0.4, 0.5) is 4.39 Å². The van der Waals surface area contributed by atoms with E-state index in [4.69, 9.17) is 5.73 Å². The molecule has 5 heteroatoms. The zero-order valence-electron chi connectivity index (χ0n) is 12.2. The van der Waals surface area contributed by atoms with Gasteiger partial charge in [0.05, 0.1) is 10.9 Å². The first kappa shape index (κ1) is 15.7. The Hall–Kier alpha value is -1.72. The normalized spacial score (nSPS) is 13.2. The minimum atomic E-state index is -3.22. The minimum Gasteiger partial charge on any atom is -0.320 e. The van der Waals surface area contributed by atoms with Gasteiger partial charge in [0.2, 0.25) is 0 Å². The Balaban J connectivity index is 2.44. The first-order valence-corrected chi connectivity index (χ1v) is 8.41. The molecule has 0 aliphatic rings. The largest absolute Gasteiger partial charge is 0.320 e. The van der Waals surface area contributed by atoms with E-state index in [1.165, 1.54) is 12.1 Å². The number of nitrogens with two attached hydrogens (primary N) is 1. The third-order valence-electron chi connectivity index (χ3n) is 3.54. The fourth-order valence-electron chi connectivity index (χ4n) is 2.50. The lowest BCUT2D eigenvalue weighted by molar-refractivity contribution is 0.601. The molecule has 0 saturated carbocycles. The van der Waals surface area contributed by atoms with E-state index in [1.54, 1.807) is 24.3 Å². The summed E-state index contributed by atoms with van der Waals surface area (Å²) >= 11 is 0. The van der Waals surface area contributed by atoms with Gasteiger partial charge in [-0.15, -0.1) is 0 Å². The van der Waals surface area contributed by atoms with Crippen LogP contribution in [0.15, 0.2) is 41.3 Å². The van der Waals surface area contributed by atoms with Crippen LogP contribution in [0, 0.1) is 19.7 Å². The SMILES string of the molecule is Cc1cc(F)cc(C)c1C(N)c1ccc(S(C)(=O)=O)cc1. The summed E-state index contributed by atoms with van der Waals surface area (Å²) in [5, 5.41) is 0. The van der Waals surface area contributed by atoms with Crippen LogP contribution in [0.1, 0.15) is 28.3 Å².